The van der Waals surface area contributed by atoms with Gasteiger partial charge in [0.05, 0.1) is 17.0 Å². The van der Waals surface area contributed by atoms with Crippen molar-refractivity contribution in [2.24, 2.45) is 10.7 Å². The van der Waals surface area contributed by atoms with E-state index in [-0.39, 0.29) is 5.88 Å². The summed E-state index contributed by atoms with van der Waals surface area (Å²) in [5.41, 5.74) is 11.6. The zero-order chi connectivity index (χ0) is 24.9. The number of fused-ring (bicyclic) bond motifs is 1. The fourth-order valence-corrected chi connectivity index (χ4v) is 4.25. The van der Waals surface area contributed by atoms with E-state index >= 15 is 0 Å². The third-order valence-electron chi connectivity index (χ3n) is 6.00. The number of aromatic hydroxyl groups is 1. The first kappa shape index (κ1) is 23.1. The minimum absolute atomic E-state index is 0.0186. The zero-order valence-corrected chi connectivity index (χ0v) is 19.6. The summed E-state index contributed by atoms with van der Waals surface area (Å²) in [7, 11) is 0. The summed E-state index contributed by atoms with van der Waals surface area (Å²) in [6.45, 7) is 1.48. The first-order valence-corrected chi connectivity index (χ1v) is 11.7. The molecule has 0 radical (unpaired) electrons. The number of aromatic nitrogens is 1. The van der Waals surface area contributed by atoms with E-state index in [0.29, 0.717) is 28.9 Å². The molecule has 0 atom stereocenters. The Balaban J connectivity index is 1.51. The van der Waals surface area contributed by atoms with Gasteiger partial charge in [0.1, 0.15) is 0 Å². The molecule has 1 heterocycles. The van der Waals surface area contributed by atoms with Crippen LogP contribution in [-0.4, -0.2) is 21.7 Å². The Hall–Kier alpha value is -4.68. The van der Waals surface area contributed by atoms with Crippen LogP contribution in [-0.2, 0) is 13.1 Å². The maximum Gasteiger partial charge on any atom is 0.248 e. The van der Waals surface area contributed by atoms with E-state index in [9.17, 15) is 9.90 Å². The van der Waals surface area contributed by atoms with Crippen molar-refractivity contribution < 1.29 is 9.90 Å². The SMILES string of the molecule is NC(=O)c1ccc2c(C(=Nc3cccc(CNCc4ccccc4)c3)c3ccccc3)c(O)[nH]c2c1. The summed E-state index contributed by atoms with van der Waals surface area (Å²) < 4.78 is 0. The fourth-order valence-electron chi connectivity index (χ4n) is 4.25. The van der Waals surface area contributed by atoms with Crippen LogP contribution >= 0.6 is 0 Å². The molecule has 0 saturated heterocycles. The van der Waals surface area contributed by atoms with Crippen molar-refractivity contribution >= 4 is 28.2 Å². The van der Waals surface area contributed by atoms with Crippen LogP contribution in [0.15, 0.2) is 108 Å². The Kier molecular flexibility index (Phi) is 6.60. The number of nitrogens with two attached hydrogens (primary N) is 1. The molecule has 0 aliphatic heterocycles. The molecule has 0 aliphatic carbocycles. The van der Waals surface area contributed by atoms with Gasteiger partial charge in [0.2, 0.25) is 5.91 Å². The van der Waals surface area contributed by atoms with Gasteiger partial charge in [-0.15, -0.1) is 0 Å². The number of benzene rings is 4. The normalized spacial score (nSPS) is 11.6. The maximum absolute atomic E-state index is 11.6. The average Bonchev–Trinajstić information content (AvgIpc) is 3.23. The van der Waals surface area contributed by atoms with E-state index in [1.165, 1.54) is 5.56 Å². The molecule has 36 heavy (non-hydrogen) atoms. The highest BCUT2D eigenvalue weighted by molar-refractivity contribution is 6.22. The number of aromatic amines is 1. The van der Waals surface area contributed by atoms with Crippen LogP contribution in [0.3, 0.4) is 0 Å². The topological polar surface area (TPSA) is 104 Å². The van der Waals surface area contributed by atoms with Crippen LogP contribution < -0.4 is 11.1 Å². The number of carbonyl (C=O) groups is 1. The van der Waals surface area contributed by atoms with E-state index in [1.807, 2.05) is 66.7 Å². The quantitative estimate of drug-likeness (QED) is 0.225. The Morgan fingerprint density at radius 3 is 2.25 bits per heavy atom. The van der Waals surface area contributed by atoms with Crippen LogP contribution in [0.2, 0.25) is 0 Å². The molecule has 1 aromatic heterocycles. The van der Waals surface area contributed by atoms with E-state index in [0.717, 1.165) is 28.7 Å². The lowest BCUT2D eigenvalue weighted by molar-refractivity contribution is 0.100. The lowest BCUT2D eigenvalue weighted by atomic mass is 10.00. The molecule has 0 aliphatic rings. The van der Waals surface area contributed by atoms with Gasteiger partial charge >= 0.3 is 0 Å². The standard InChI is InChI=1S/C30H26N4O2/c31-29(35)23-14-15-25-26(17-23)34-30(36)27(25)28(22-11-5-2-6-12-22)33-24-13-7-10-21(16-24)19-32-18-20-8-3-1-4-9-20/h1-17,32,34,36H,18-19H2,(H2,31,35). The lowest BCUT2D eigenvalue weighted by Gasteiger charge is -2.09. The molecule has 5 aromatic rings. The predicted octanol–water partition coefficient (Wildman–Crippen LogP) is 5.43. The van der Waals surface area contributed by atoms with Gasteiger partial charge in [0, 0.05) is 35.1 Å². The average molecular weight is 475 g/mol. The van der Waals surface area contributed by atoms with Crippen molar-refractivity contribution in [3.8, 4) is 5.88 Å². The molecule has 4 aromatic carbocycles. The number of H-pyrrole nitrogens is 1. The molecule has 6 heteroatoms. The fraction of sp³-hybridized carbons (Fsp3) is 0.0667. The third kappa shape index (κ3) is 5.04. The second kappa shape index (κ2) is 10.3. The molecule has 0 unspecified atom stereocenters. The van der Waals surface area contributed by atoms with Gasteiger partial charge in [-0.2, -0.15) is 0 Å². The lowest BCUT2D eigenvalue weighted by Crippen LogP contribution is -2.12. The summed E-state index contributed by atoms with van der Waals surface area (Å²) >= 11 is 0. The summed E-state index contributed by atoms with van der Waals surface area (Å²) in [5, 5.41) is 15.1. The molecular formula is C30H26N4O2. The summed E-state index contributed by atoms with van der Waals surface area (Å²) in [5.74, 6) is -0.544. The van der Waals surface area contributed by atoms with Crippen molar-refractivity contribution in [1.29, 1.82) is 0 Å². The molecule has 178 valence electrons. The molecule has 0 spiro atoms. The van der Waals surface area contributed by atoms with Gasteiger partial charge in [-0.25, -0.2) is 4.99 Å². The first-order chi connectivity index (χ1) is 17.6. The minimum atomic E-state index is -0.526. The molecular weight excluding hydrogens is 448 g/mol. The molecule has 0 bridgehead atoms. The second-order valence-electron chi connectivity index (χ2n) is 8.56. The highest BCUT2D eigenvalue weighted by Crippen LogP contribution is 2.32. The molecule has 5 rings (SSSR count). The van der Waals surface area contributed by atoms with Gasteiger partial charge in [0.25, 0.3) is 0 Å². The highest BCUT2D eigenvalue weighted by Gasteiger charge is 2.19. The smallest absolute Gasteiger partial charge is 0.248 e. The Labute approximate surface area is 209 Å². The van der Waals surface area contributed by atoms with Gasteiger partial charge in [0.15, 0.2) is 5.88 Å². The van der Waals surface area contributed by atoms with Crippen LogP contribution in [0.4, 0.5) is 5.69 Å². The second-order valence-corrected chi connectivity index (χ2v) is 8.56. The van der Waals surface area contributed by atoms with Crippen LogP contribution in [0, 0.1) is 0 Å². The van der Waals surface area contributed by atoms with Crippen LogP contribution in [0.1, 0.15) is 32.6 Å². The Morgan fingerprint density at radius 2 is 1.50 bits per heavy atom. The van der Waals surface area contributed by atoms with E-state index in [1.54, 1.807) is 18.2 Å². The summed E-state index contributed by atoms with van der Waals surface area (Å²) in [6.07, 6.45) is 0. The van der Waals surface area contributed by atoms with E-state index in [2.05, 4.69) is 28.5 Å². The largest absolute Gasteiger partial charge is 0.494 e. The number of amides is 1. The maximum atomic E-state index is 11.6. The number of nitrogens with one attached hydrogen (secondary N) is 2. The van der Waals surface area contributed by atoms with Gasteiger partial charge in [-0.3, -0.25) is 4.79 Å². The van der Waals surface area contributed by atoms with Crippen molar-refractivity contribution in [3.63, 3.8) is 0 Å². The molecule has 5 N–H and O–H groups in total. The first-order valence-electron chi connectivity index (χ1n) is 11.7. The predicted molar refractivity (Wildman–Crippen MR) is 144 cm³/mol. The van der Waals surface area contributed by atoms with E-state index in [4.69, 9.17) is 10.7 Å². The third-order valence-corrected chi connectivity index (χ3v) is 6.00. The number of carbonyl (C=O) groups excluding carboxylic acids is 1. The molecule has 0 saturated carbocycles. The Bertz CT molecular complexity index is 1540. The highest BCUT2D eigenvalue weighted by atomic mass is 16.3. The Morgan fingerprint density at radius 1 is 0.806 bits per heavy atom. The zero-order valence-electron chi connectivity index (χ0n) is 19.6. The van der Waals surface area contributed by atoms with Crippen LogP contribution in [0.25, 0.3) is 10.9 Å². The number of aliphatic imine (C=N–C) groups is 1. The summed E-state index contributed by atoms with van der Waals surface area (Å²) in [6, 6.07) is 33.1. The number of primary amides is 1. The number of rotatable bonds is 8. The number of nitrogens with zero attached hydrogens (tertiary/aromatic N) is 1. The van der Waals surface area contributed by atoms with Crippen LogP contribution in [0.5, 0.6) is 5.88 Å². The monoisotopic (exact) mass is 474 g/mol. The molecule has 1 amide bonds. The summed E-state index contributed by atoms with van der Waals surface area (Å²) in [4.78, 5) is 19.6. The van der Waals surface area contributed by atoms with Gasteiger partial charge in [-0.05, 0) is 35.4 Å². The number of hydrogen-bond donors (Lipinski definition) is 4. The molecule has 0 fully saturated rings. The van der Waals surface area contributed by atoms with Crippen molar-refractivity contribution in [3.05, 3.63) is 131 Å². The molecule has 6 nitrogen and oxygen atoms in total. The van der Waals surface area contributed by atoms with Gasteiger partial charge < -0.3 is 21.1 Å². The van der Waals surface area contributed by atoms with Crippen molar-refractivity contribution in [1.82, 2.24) is 10.3 Å². The van der Waals surface area contributed by atoms with E-state index < -0.39 is 5.91 Å². The van der Waals surface area contributed by atoms with Crippen molar-refractivity contribution in [2.45, 2.75) is 13.1 Å². The van der Waals surface area contributed by atoms with Gasteiger partial charge in [-0.1, -0.05) is 78.9 Å². The van der Waals surface area contributed by atoms with Crippen molar-refractivity contribution in [2.75, 3.05) is 0 Å². The minimum Gasteiger partial charge on any atom is -0.494 e. The number of hydrogen-bond acceptors (Lipinski definition) is 4.